The third kappa shape index (κ3) is 5.81. The van der Waals surface area contributed by atoms with Crippen molar-refractivity contribution in [2.45, 2.75) is 43.4 Å². The highest BCUT2D eigenvalue weighted by Crippen LogP contribution is 2.29. The fraction of sp³-hybridized carbons (Fsp3) is 0.611. The van der Waals surface area contributed by atoms with E-state index in [0.717, 1.165) is 45.2 Å². The van der Waals surface area contributed by atoms with Crippen LogP contribution in [0, 0.1) is 5.92 Å². The van der Waals surface area contributed by atoms with Crippen molar-refractivity contribution >= 4 is 45.6 Å². The fourth-order valence-corrected chi connectivity index (χ4v) is 5.59. The van der Waals surface area contributed by atoms with Crippen molar-refractivity contribution in [3.05, 3.63) is 23.2 Å². The van der Waals surface area contributed by atoms with Crippen LogP contribution in [0.4, 0.5) is 5.69 Å². The highest BCUT2D eigenvalue weighted by molar-refractivity contribution is 7.89. The summed E-state index contributed by atoms with van der Waals surface area (Å²) in [7, 11) is -3.61. The molecule has 6 nitrogen and oxygen atoms in total. The van der Waals surface area contributed by atoms with E-state index in [1.54, 1.807) is 6.07 Å². The summed E-state index contributed by atoms with van der Waals surface area (Å²) in [6, 6.07) is 4.65. The molecule has 0 bridgehead atoms. The molecule has 0 aromatic heterocycles. The summed E-state index contributed by atoms with van der Waals surface area (Å²) >= 11 is 6.13. The number of amides is 1. The largest absolute Gasteiger partial charge is 0.326 e. The molecule has 2 heterocycles. The van der Waals surface area contributed by atoms with E-state index < -0.39 is 10.0 Å². The Morgan fingerprint density at radius 1 is 1.22 bits per heavy atom. The lowest BCUT2D eigenvalue weighted by Crippen LogP contribution is -2.28. The summed E-state index contributed by atoms with van der Waals surface area (Å²) in [5.41, 5.74) is 0.475. The predicted molar refractivity (Wildman–Crippen MR) is 110 cm³/mol. The fourth-order valence-electron chi connectivity index (χ4n) is 3.58. The molecule has 152 valence electrons. The topological polar surface area (TPSA) is 78.5 Å². The summed E-state index contributed by atoms with van der Waals surface area (Å²) in [4.78, 5) is 12.3. The molecule has 2 fully saturated rings. The summed E-state index contributed by atoms with van der Waals surface area (Å²) in [6.07, 6.45) is 5.24. The molecule has 3 rings (SSSR count). The lowest BCUT2D eigenvalue weighted by Gasteiger charge is -2.22. The monoisotopic (exact) mass is 435 g/mol. The lowest BCUT2D eigenvalue weighted by molar-refractivity contribution is -0.116. The van der Waals surface area contributed by atoms with Gasteiger partial charge in [0.25, 0.3) is 0 Å². The van der Waals surface area contributed by atoms with Crippen LogP contribution in [0.1, 0.15) is 38.5 Å². The van der Waals surface area contributed by atoms with Gasteiger partial charge in [0.05, 0.1) is 5.02 Å². The number of carbonyl (C=O) groups excluding carboxylic acids is 1. The maximum Gasteiger partial charge on any atom is 0.244 e. The average molecular weight is 436 g/mol. The van der Waals surface area contributed by atoms with Crippen molar-refractivity contribution in [2.75, 3.05) is 31.5 Å². The molecule has 1 aromatic carbocycles. The van der Waals surface area contributed by atoms with Gasteiger partial charge in [0.1, 0.15) is 4.90 Å². The Bertz CT molecular complexity index is 746. The Morgan fingerprint density at radius 3 is 2.56 bits per heavy atom. The first kappa shape index (κ1) is 22.4. The van der Waals surface area contributed by atoms with E-state index in [1.807, 2.05) is 0 Å². The predicted octanol–water partition coefficient (Wildman–Crippen LogP) is 3.26. The van der Waals surface area contributed by atoms with Crippen LogP contribution in [0.5, 0.6) is 0 Å². The van der Waals surface area contributed by atoms with Crippen molar-refractivity contribution in [2.24, 2.45) is 5.92 Å². The zero-order chi connectivity index (χ0) is 18.6. The van der Waals surface area contributed by atoms with E-state index in [4.69, 9.17) is 11.6 Å². The van der Waals surface area contributed by atoms with Gasteiger partial charge in [-0.1, -0.05) is 11.6 Å². The minimum atomic E-state index is -3.61. The van der Waals surface area contributed by atoms with E-state index in [9.17, 15) is 13.2 Å². The zero-order valence-corrected chi connectivity index (χ0v) is 17.6. The molecule has 1 aromatic rings. The van der Waals surface area contributed by atoms with Crippen molar-refractivity contribution in [1.29, 1.82) is 0 Å². The van der Waals surface area contributed by atoms with Gasteiger partial charge in [-0.25, -0.2) is 8.42 Å². The number of sulfonamides is 1. The van der Waals surface area contributed by atoms with Crippen LogP contribution in [0.3, 0.4) is 0 Å². The lowest BCUT2D eigenvalue weighted by atomic mass is 9.93. The SMILES string of the molecule is Cl.O=C(CCC1CCNCC1)Nc1ccc(Cl)c(S(=O)(=O)N2CCCC2)c1. The Kier molecular flexibility index (Phi) is 8.37. The molecule has 2 aliphatic heterocycles. The number of nitrogens with zero attached hydrogens (tertiary/aromatic N) is 1. The normalized spacial score (nSPS) is 18.9. The van der Waals surface area contributed by atoms with Crippen molar-refractivity contribution in [1.82, 2.24) is 9.62 Å². The first-order valence-corrected chi connectivity index (χ1v) is 11.1. The van der Waals surface area contributed by atoms with Gasteiger partial charge in [0.15, 0.2) is 0 Å². The molecule has 2 N–H and O–H groups in total. The van der Waals surface area contributed by atoms with Crippen molar-refractivity contribution in [3.63, 3.8) is 0 Å². The van der Waals surface area contributed by atoms with Crippen LogP contribution in [0.2, 0.25) is 5.02 Å². The number of carbonyl (C=O) groups is 1. The van der Waals surface area contributed by atoms with Crippen LogP contribution in [0.15, 0.2) is 23.1 Å². The minimum absolute atomic E-state index is 0. The smallest absolute Gasteiger partial charge is 0.244 e. The van der Waals surface area contributed by atoms with Gasteiger partial charge in [-0.05, 0) is 69.3 Å². The number of halogens is 2. The van der Waals surface area contributed by atoms with Gasteiger partial charge in [0.2, 0.25) is 15.9 Å². The molecule has 0 radical (unpaired) electrons. The van der Waals surface area contributed by atoms with Crippen molar-refractivity contribution < 1.29 is 13.2 Å². The molecule has 2 saturated heterocycles. The maximum absolute atomic E-state index is 12.7. The maximum atomic E-state index is 12.7. The summed E-state index contributed by atoms with van der Waals surface area (Å²) in [6.45, 7) is 3.07. The molecule has 2 aliphatic rings. The van der Waals surface area contributed by atoms with Crippen molar-refractivity contribution in [3.8, 4) is 0 Å². The number of hydrogen-bond acceptors (Lipinski definition) is 4. The van der Waals surface area contributed by atoms with E-state index in [2.05, 4.69) is 10.6 Å². The van der Waals surface area contributed by atoms with E-state index in [0.29, 0.717) is 31.1 Å². The standard InChI is InChI=1S/C18H26ClN3O3S.ClH/c19-16-5-4-15(13-17(16)26(24,25)22-11-1-2-12-22)21-18(23)6-3-14-7-9-20-10-8-14;/h4-5,13-14,20H,1-3,6-12H2,(H,21,23);1H. The Hall–Kier alpha value is -0.860. The highest BCUT2D eigenvalue weighted by Gasteiger charge is 2.29. The number of anilines is 1. The van der Waals surface area contributed by atoms with E-state index >= 15 is 0 Å². The van der Waals surface area contributed by atoms with Gasteiger partial charge in [-0.15, -0.1) is 12.4 Å². The summed E-state index contributed by atoms with van der Waals surface area (Å²) in [5, 5.41) is 6.32. The number of piperidine rings is 1. The van der Waals surface area contributed by atoms with Crippen LogP contribution in [-0.4, -0.2) is 44.8 Å². The number of rotatable bonds is 6. The molecular formula is C18H27Cl2N3O3S. The molecule has 0 atom stereocenters. The van der Waals surface area contributed by atoms with Gasteiger partial charge in [-0.2, -0.15) is 4.31 Å². The second kappa shape index (κ2) is 10.1. The van der Waals surface area contributed by atoms with Gasteiger partial charge >= 0.3 is 0 Å². The van der Waals surface area contributed by atoms with Crippen LogP contribution < -0.4 is 10.6 Å². The molecule has 0 aliphatic carbocycles. The average Bonchev–Trinajstić information content (AvgIpc) is 3.18. The highest BCUT2D eigenvalue weighted by atomic mass is 35.5. The van der Waals surface area contributed by atoms with Crippen LogP contribution in [-0.2, 0) is 14.8 Å². The van der Waals surface area contributed by atoms with Crippen LogP contribution in [0.25, 0.3) is 0 Å². The zero-order valence-electron chi connectivity index (χ0n) is 15.2. The first-order valence-electron chi connectivity index (χ1n) is 9.27. The molecule has 1 amide bonds. The van der Waals surface area contributed by atoms with Gasteiger partial charge < -0.3 is 10.6 Å². The van der Waals surface area contributed by atoms with Crippen LogP contribution >= 0.6 is 24.0 Å². The molecular weight excluding hydrogens is 409 g/mol. The van der Waals surface area contributed by atoms with E-state index in [1.165, 1.54) is 16.4 Å². The second-order valence-electron chi connectivity index (χ2n) is 7.04. The number of benzene rings is 1. The summed E-state index contributed by atoms with van der Waals surface area (Å²) < 4.78 is 27.0. The molecule has 0 spiro atoms. The summed E-state index contributed by atoms with van der Waals surface area (Å²) in [5.74, 6) is 0.494. The third-order valence-electron chi connectivity index (χ3n) is 5.14. The second-order valence-corrected chi connectivity index (χ2v) is 9.35. The van der Waals surface area contributed by atoms with Gasteiger partial charge in [-0.3, -0.25) is 4.79 Å². The molecule has 27 heavy (non-hydrogen) atoms. The molecule has 0 saturated carbocycles. The Balaban J connectivity index is 0.00000261. The molecule has 9 heteroatoms. The number of hydrogen-bond donors (Lipinski definition) is 2. The Morgan fingerprint density at radius 2 is 1.89 bits per heavy atom. The quantitative estimate of drug-likeness (QED) is 0.718. The van der Waals surface area contributed by atoms with E-state index in [-0.39, 0.29) is 28.2 Å². The number of nitrogens with one attached hydrogen (secondary N) is 2. The Labute approximate surface area is 172 Å². The third-order valence-corrected chi connectivity index (χ3v) is 7.52. The molecule has 0 unspecified atom stereocenters. The van der Waals surface area contributed by atoms with Gasteiger partial charge in [0, 0.05) is 25.2 Å². The minimum Gasteiger partial charge on any atom is -0.326 e. The first-order chi connectivity index (χ1) is 12.5.